The molecule has 2 aliphatic rings. The summed E-state index contributed by atoms with van der Waals surface area (Å²) in [5.41, 5.74) is 0. The van der Waals surface area contributed by atoms with E-state index in [2.05, 4.69) is 20.1 Å². The molecule has 0 aromatic carbocycles. The highest BCUT2D eigenvalue weighted by molar-refractivity contribution is 7.15. The van der Waals surface area contributed by atoms with E-state index < -0.39 is 5.82 Å². The van der Waals surface area contributed by atoms with Crippen molar-refractivity contribution in [3.8, 4) is 5.88 Å². The van der Waals surface area contributed by atoms with E-state index in [1.807, 2.05) is 6.92 Å². The van der Waals surface area contributed by atoms with Crippen LogP contribution in [-0.2, 0) is 4.74 Å². The van der Waals surface area contributed by atoms with Crippen molar-refractivity contribution in [1.29, 1.82) is 0 Å². The Balaban J connectivity index is 1.62. The van der Waals surface area contributed by atoms with Gasteiger partial charge in [-0.05, 0) is 31.9 Å². The van der Waals surface area contributed by atoms with Crippen molar-refractivity contribution in [1.82, 2.24) is 15.2 Å². The van der Waals surface area contributed by atoms with Crippen molar-refractivity contribution < 1.29 is 13.9 Å². The summed E-state index contributed by atoms with van der Waals surface area (Å²) in [5.74, 6) is -0.414. The third-order valence-corrected chi connectivity index (χ3v) is 5.17. The molecular formula is C15H17FN4O2S. The molecule has 0 radical (unpaired) electrons. The number of anilines is 1. The van der Waals surface area contributed by atoms with Gasteiger partial charge in [-0.3, -0.25) is 0 Å². The fourth-order valence-corrected chi connectivity index (χ4v) is 4.04. The topological polar surface area (TPSA) is 60.4 Å². The summed E-state index contributed by atoms with van der Waals surface area (Å²) in [6.45, 7) is 3.27. The van der Waals surface area contributed by atoms with Gasteiger partial charge in [0, 0.05) is 12.7 Å². The zero-order valence-corrected chi connectivity index (χ0v) is 13.5. The lowest BCUT2D eigenvalue weighted by atomic mass is 10.2. The van der Waals surface area contributed by atoms with Crippen molar-refractivity contribution in [3.63, 3.8) is 0 Å². The van der Waals surface area contributed by atoms with Gasteiger partial charge in [0.2, 0.25) is 5.13 Å². The van der Waals surface area contributed by atoms with Crippen molar-refractivity contribution >= 4 is 16.5 Å². The number of halogens is 1. The molecule has 122 valence electrons. The third kappa shape index (κ3) is 2.76. The van der Waals surface area contributed by atoms with Gasteiger partial charge < -0.3 is 14.4 Å². The van der Waals surface area contributed by atoms with Crippen LogP contribution in [0.2, 0.25) is 0 Å². The highest BCUT2D eigenvalue weighted by Crippen LogP contribution is 2.36. The molecule has 2 bridgehead atoms. The average molecular weight is 336 g/mol. The van der Waals surface area contributed by atoms with Crippen molar-refractivity contribution in [3.05, 3.63) is 29.2 Å². The van der Waals surface area contributed by atoms with Gasteiger partial charge in [-0.1, -0.05) is 11.3 Å². The van der Waals surface area contributed by atoms with Gasteiger partial charge in [-0.15, -0.1) is 10.2 Å². The lowest BCUT2D eigenvalue weighted by Gasteiger charge is -2.30. The minimum Gasteiger partial charge on any atom is -0.467 e. The maximum absolute atomic E-state index is 13.9. The van der Waals surface area contributed by atoms with E-state index in [0.29, 0.717) is 6.61 Å². The quantitative estimate of drug-likeness (QED) is 0.856. The molecule has 1 saturated heterocycles. The van der Waals surface area contributed by atoms with Crippen molar-refractivity contribution in [2.24, 2.45) is 0 Å². The van der Waals surface area contributed by atoms with E-state index in [0.717, 1.165) is 29.5 Å². The molecule has 4 rings (SSSR count). The van der Waals surface area contributed by atoms with Gasteiger partial charge in [0.25, 0.3) is 5.88 Å². The number of ether oxygens (including phenoxy) is 2. The molecule has 1 aliphatic carbocycles. The standard InChI is InChI=1S/C15H17FN4O2S/c1-9-18-19-15(23-9)20-7-8-21-12-5-4-11(20)13(12)22-14-10(16)3-2-6-17-14/h2-3,6,11-13H,4-5,7-8H2,1H3. The van der Waals surface area contributed by atoms with Gasteiger partial charge in [-0.2, -0.15) is 0 Å². The van der Waals surface area contributed by atoms with Crippen LogP contribution in [0.25, 0.3) is 0 Å². The number of hydrogen-bond donors (Lipinski definition) is 0. The van der Waals surface area contributed by atoms with Gasteiger partial charge in [0.05, 0.1) is 18.8 Å². The molecule has 6 nitrogen and oxygen atoms in total. The molecule has 3 atom stereocenters. The predicted molar refractivity (Wildman–Crippen MR) is 83.4 cm³/mol. The Morgan fingerprint density at radius 2 is 2.30 bits per heavy atom. The molecule has 1 saturated carbocycles. The van der Waals surface area contributed by atoms with E-state index in [4.69, 9.17) is 9.47 Å². The zero-order valence-electron chi connectivity index (χ0n) is 12.7. The summed E-state index contributed by atoms with van der Waals surface area (Å²) in [7, 11) is 0. The molecule has 8 heteroatoms. The molecule has 1 aliphatic heterocycles. The minimum absolute atomic E-state index is 0.0355. The number of fused-ring (bicyclic) bond motifs is 2. The van der Waals surface area contributed by atoms with E-state index >= 15 is 0 Å². The summed E-state index contributed by atoms with van der Waals surface area (Å²) in [6.07, 6.45) is 3.04. The molecule has 3 heterocycles. The van der Waals surface area contributed by atoms with Crippen LogP contribution in [0.1, 0.15) is 17.8 Å². The van der Waals surface area contributed by atoms with E-state index in [9.17, 15) is 4.39 Å². The van der Waals surface area contributed by atoms with Crippen molar-refractivity contribution in [2.45, 2.75) is 38.0 Å². The van der Waals surface area contributed by atoms with Crippen LogP contribution >= 0.6 is 11.3 Å². The van der Waals surface area contributed by atoms with E-state index in [-0.39, 0.29) is 24.1 Å². The summed E-state index contributed by atoms with van der Waals surface area (Å²) >= 11 is 1.56. The van der Waals surface area contributed by atoms with Crippen molar-refractivity contribution in [2.75, 3.05) is 18.1 Å². The molecule has 3 unspecified atom stereocenters. The Morgan fingerprint density at radius 3 is 3.09 bits per heavy atom. The second-order valence-electron chi connectivity index (χ2n) is 5.72. The van der Waals surface area contributed by atoms with E-state index in [1.54, 1.807) is 17.4 Å². The monoisotopic (exact) mass is 336 g/mol. The third-order valence-electron chi connectivity index (χ3n) is 4.29. The van der Waals surface area contributed by atoms with Crippen LogP contribution in [0.5, 0.6) is 5.88 Å². The average Bonchev–Trinajstić information content (AvgIpc) is 3.06. The first-order valence-corrected chi connectivity index (χ1v) is 8.49. The van der Waals surface area contributed by atoms with Gasteiger partial charge >= 0.3 is 0 Å². The first kappa shape index (κ1) is 14.8. The lowest BCUT2D eigenvalue weighted by Crippen LogP contribution is -2.45. The molecule has 0 spiro atoms. The SMILES string of the molecule is Cc1nnc(N2CCOC3CCC2C3Oc2ncccc2F)s1. The zero-order chi connectivity index (χ0) is 15.8. The van der Waals surface area contributed by atoms with Crippen LogP contribution in [0.15, 0.2) is 18.3 Å². The Labute approximate surface area is 137 Å². The highest BCUT2D eigenvalue weighted by Gasteiger charge is 2.45. The number of pyridine rings is 1. The number of nitrogens with zero attached hydrogens (tertiary/aromatic N) is 4. The maximum Gasteiger partial charge on any atom is 0.250 e. The van der Waals surface area contributed by atoms with Crippen LogP contribution in [0.3, 0.4) is 0 Å². The minimum atomic E-state index is -0.450. The van der Waals surface area contributed by atoms with Gasteiger partial charge in [0.1, 0.15) is 11.1 Å². The highest BCUT2D eigenvalue weighted by atomic mass is 32.1. The summed E-state index contributed by atoms with van der Waals surface area (Å²) < 4.78 is 25.7. The number of rotatable bonds is 3. The molecular weight excluding hydrogens is 319 g/mol. The predicted octanol–water partition coefficient (Wildman–Crippen LogP) is 2.20. The Bertz CT molecular complexity index is 698. The Kier molecular flexibility index (Phi) is 3.86. The summed E-state index contributed by atoms with van der Waals surface area (Å²) in [6, 6.07) is 3.00. The number of hydrogen-bond acceptors (Lipinski definition) is 7. The van der Waals surface area contributed by atoms with Gasteiger partial charge in [0.15, 0.2) is 5.82 Å². The Morgan fingerprint density at radius 1 is 1.39 bits per heavy atom. The first-order chi connectivity index (χ1) is 11.2. The summed E-state index contributed by atoms with van der Waals surface area (Å²) in [5, 5.41) is 10.1. The Hall–Kier alpha value is -1.80. The van der Waals surface area contributed by atoms with Crippen LogP contribution in [-0.4, -0.2) is 46.6 Å². The second kappa shape index (κ2) is 6.01. The number of aromatic nitrogens is 3. The van der Waals surface area contributed by atoms with Crippen LogP contribution in [0, 0.1) is 12.7 Å². The lowest BCUT2D eigenvalue weighted by molar-refractivity contribution is 0.00103. The fraction of sp³-hybridized carbons (Fsp3) is 0.533. The normalized spacial score (nSPS) is 27.0. The molecule has 0 amide bonds. The molecule has 2 aromatic rings. The second-order valence-corrected chi connectivity index (χ2v) is 6.88. The summed E-state index contributed by atoms with van der Waals surface area (Å²) in [4.78, 5) is 6.19. The molecule has 2 fully saturated rings. The molecule has 2 aromatic heterocycles. The molecule has 23 heavy (non-hydrogen) atoms. The first-order valence-electron chi connectivity index (χ1n) is 7.68. The smallest absolute Gasteiger partial charge is 0.250 e. The maximum atomic E-state index is 13.9. The largest absolute Gasteiger partial charge is 0.467 e. The fourth-order valence-electron chi connectivity index (χ4n) is 3.27. The van der Waals surface area contributed by atoms with Crippen LogP contribution in [0.4, 0.5) is 9.52 Å². The van der Waals surface area contributed by atoms with Crippen LogP contribution < -0.4 is 9.64 Å². The van der Waals surface area contributed by atoms with Gasteiger partial charge in [-0.25, -0.2) is 9.37 Å². The molecule has 0 N–H and O–H groups in total. The van der Waals surface area contributed by atoms with E-state index in [1.165, 1.54) is 12.3 Å². The number of aryl methyl sites for hydroxylation is 1.